The van der Waals surface area contributed by atoms with Crippen LogP contribution in [-0.4, -0.2) is 32.0 Å². The summed E-state index contributed by atoms with van der Waals surface area (Å²) in [5, 5.41) is 5.94. The summed E-state index contributed by atoms with van der Waals surface area (Å²) in [6, 6.07) is 12.7. The molecule has 0 saturated heterocycles. The molecule has 1 fully saturated rings. The highest BCUT2D eigenvalue weighted by atomic mass is 16.5. The van der Waals surface area contributed by atoms with E-state index in [1.165, 1.54) is 6.42 Å². The largest absolute Gasteiger partial charge is 0.495 e. The fourth-order valence-corrected chi connectivity index (χ4v) is 4.40. The zero-order valence-electron chi connectivity index (χ0n) is 20.2. The van der Waals surface area contributed by atoms with Gasteiger partial charge in [-0.3, -0.25) is 9.59 Å². The topological polar surface area (TPSA) is 93.4 Å². The number of carbonyl (C=O) groups is 2. The van der Waals surface area contributed by atoms with E-state index >= 15 is 0 Å². The van der Waals surface area contributed by atoms with Gasteiger partial charge in [-0.15, -0.1) is 0 Å². The van der Waals surface area contributed by atoms with E-state index in [1.807, 2.05) is 24.3 Å². The Bertz CT molecular complexity index is 964. The average Bonchev–Trinajstić information content (AvgIpc) is 2.82. The van der Waals surface area contributed by atoms with Crippen LogP contribution < -0.4 is 21.1 Å². The quantitative estimate of drug-likeness (QED) is 0.567. The molecule has 0 spiro atoms. The SMILES string of the molecule is COc1ccc(C(=O)NCC2CCCC(CN)C2)cc1NC(=O)c1ccc(C(C)(C)C)cc1. The molecule has 2 amide bonds. The van der Waals surface area contributed by atoms with Gasteiger partial charge in [0.15, 0.2) is 0 Å². The smallest absolute Gasteiger partial charge is 0.255 e. The highest BCUT2D eigenvalue weighted by molar-refractivity contribution is 6.06. The molecule has 3 rings (SSSR count). The molecule has 4 N–H and O–H groups in total. The molecule has 0 bridgehead atoms. The molecule has 0 aromatic heterocycles. The van der Waals surface area contributed by atoms with Gasteiger partial charge < -0.3 is 21.1 Å². The first-order chi connectivity index (χ1) is 15.7. The van der Waals surface area contributed by atoms with Crippen molar-refractivity contribution in [2.45, 2.75) is 51.9 Å². The molecule has 0 radical (unpaired) electrons. The second-order valence-corrected chi connectivity index (χ2v) is 10.0. The lowest BCUT2D eigenvalue weighted by molar-refractivity contribution is 0.0939. The van der Waals surface area contributed by atoms with Crippen molar-refractivity contribution in [3.63, 3.8) is 0 Å². The molecule has 2 unspecified atom stereocenters. The summed E-state index contributed by atoms with van der Waals surface area (Å²) < 4.78 is 5.40. The van der Waals surface area contributed by atoms with Crippen LogP contribution in [0.2, 0.25) is 0 Å². The lowest BCUT2D eigenvalue weighted by Gasteiger charge is -2.28. The molecule has 0 aliphatic heterocycles. The molecule has 33 heavy (non-hydrogen) atoms. The molecule has 6 heteroatoms. The minimum absolute atomic E-state index is 0.0166. The normalized spacial score (nSPS) is 18.5. The number of rotatable bonds is 7. The number of amides is 2. The Balaban J connectivity index is 1.67. The van der Waals surface area contributed by atoms with Crippen LogP contribution in [0.1, 0.15) is 72.7 Å². The van der Waals surface area contributed by atoms with Gasteiger partial charge in [0, 0.05) is 17.7 Å². The molecule has 2 atom stereocenters. The van der Waals surface area contributed by atoms with Crippen LogP contribution in [0.5, 0.6) is 5.75 Å². The molecule has 0 heterocycles. The number of ether oxygens (including phenoxy) is 1. The summed E-state index contributed by atoms with van der Waals surface area (Å²) in [5.41, 5.74) is 8.51. The van der Waals surface area contributed by atoms with E-state index in [2.05, 4.69) is 31.4 Å². The third kappa shape index (κ3) is 6.57. The Morgan fingerprint density at radius 2 is 1.67 bits per heavy atom. The summed E-state index contributed by atoms with van der Waals surface area (Å²) in [4.78, 5) is 25.6. The maximum absolute atomic E-state index is 12.8. The van der Waals surface area contributed by atoms with Gasteiger partial charge in [0.05, 0.1) is 12.8 Å². The van der Waals surface area contributed by atoms with Gasteiger partial charge in [-0.25, -0.2) is 0 Å². The lowest BCUT2D eigenvalue weighted by atomic mass is 9.81. The molecule has 2 aromatic rings. The number of nitrogens with two attached hydrogens (primary N) is 1. The molecule has 1 aliphatic rings. The van der Waals surface area contributed by atoms with Gasteiger partial charge in [0.25, 0.3) is 11.8 Å². The molecular formula is C27H37N3O3. The van der Waals surface area contributed by atoms with Gasteiger partial charge in [-0.05, 0) is 79.0 Å². The molecule has 2 aromatic carbocycles. The molecule has 1 aliphatic carbocycles. The number of methoxy groups -OCH3 is 1. The maximum atomic E-state index is 12.8. The van der Waals surface area contributed by atoms with Gasteiger partial charge >= 0.3 is 0 Å². The molecular weight excluding hydrogens is 414 g/mol. The highest BCUT2D eigenvalue weighted by Gasteiger charge is 2.22. The third-order valence-electron chi connectivity index (χ3n) is 6.50. The Hall–Kier alpha value is -2.86. The van der Waals surface area contributed by atoms with Crippen LogP contribution in [0.3, 0.4) is 0 Å². The fourth-order valence-electron chi connectivity index (χ4n) is 4.40. The zero-order valence-corrected chi connectivity index (χ0v) is 20.2. The van der Waals surface area contributed by atoms with Crippen molar-refractivity contribution in [3.05, 3.63) is 59.2 Å². The number of hydrogen-bond acceptors (Lipinski definition) is 4. The van der Waals surface area contributed by atoms with E-state index in [0.29, 0.717) is 47.5 Å². The van der Waals surface area contributed by atoms with Gasteiger partial charge in [0.1, 0.15) is 5.75 Å². The molecule has 178 valence electrons. The average molecular weight is 452 g/mol. The van der Waals surface area contributed by atoms with Crippen LogP contribution >= 0.6 is 0 Å². The van der Waals surface area contributed by atoms with Gasteiger partial charge in [0.2, 0.25) is 0 Å². The molecule has 1 saturated carbocycles. The Morgan fingerprint density at radius 3 is 2.30 bits per heavy atom. The maximum Gasteiger partial charge on any atom is 0.255 e. The van der Waals surface area contributed by atoms with Crippen LogP contribution in [0.15, 0.2) is 42.5 Å². The monoisotopic (exact) mass is 451 g/mol. The second-order valence-electron chi connectivity index (χ2n) is 10.0. The van der Waals surface area contributed by atoms with Crippen LogP contribution in [-0.2, 0) is 5.41 Å². The van der Waals surface area contributed by atoms with Crippen LogP contribution in [0.25, 0.3) is 0 Å². The van der Waals surface area contributed by atoms with Crippen molar-refractivity contribution in [3.8, 4) is 5.75 Å². The van der Waals surface area contributed by atoms with Crippen LogP contribution in [0, 0.1) is 11.8 Å². The van der Waals surface area contributed by atoms with Crippen molar-refractivity contribution in [1.29, 1.82) is 0 Å². The van der Waals surface area contributed by atoms with Crippen LogP contribution in [0.4, 0.5) is 5.69 Å². The zero-order chi connectivity index (χ0) is 24.0. The highest BCUT2D eigenvalue weighted by Crippen LogP contribution is 2.29. The minimum Gasteiger partial charge on any atom is -0.495 e. The lowest BCUT2D eigenvalue weighted by Crippen LogP contribution is -2.33. The van der Waals surface area contributed by atoms with Crippen molar-refractivity contribution < 1.29 is 14.3 Å². The van der Waals surface area contributed by atoms with E-state index < -0.39 is 0 Å². The third-order valence-corrected chi connectivity index (χ3v) is 6.50. The number of nitrogens with one attached hydrogen (secondary N) is 2. The number of benzene rings is 2. The van der Waals surface area contributed by atoms with Crippen molar-refractivity contribution in [2.24, 2.45) is 17.6 Å². The Morgan fingerprint density at radius 1 is 1.00 bits per heavy atom. The Kier molecular flexibility index (Phi) is 8.14. The predicted molar refractivity (Wildman–Crippen MR) is 133 cm³/mol. The predicted octanol–water partition coefficient (Wildman–Crippen LogP) is 4.74. The van der Waals surface area contributed by atoms with Gasteiger partial charge in [-0.1, -0.05) is 39.3 Å². The second kappa shape index (κ2) is 10.8. The summed E-state index contributed by atoms with van der Waals surface area (Å²) in [6.45, 7) is 7.75. The number of carbonyl (C=O) groups excluding carboxylic acids is 2. The summed E-state index contributed by atoms with van der Waals surface area (Å²) in [5.74, 6) is 1.12. The minimum atomic E-state index is -0.249. The number of anilines is 1. The summed E-state index contributed by atoms with van der Waals surface area (Å²) in [6.07, 6.45) is 4.53. The van der Waals surface area contributed by atoms with E-state index in [-0.39, 0.29) is 17.2 Å². The first-order valence-electron chi connectivity index (χ1n) is 11.8. The van der Waals surface area contributed by atoms with E-state index in [9.17, 15) is 9.59 Å². The summed E-state index contributed by atoms with van der Waals surface area (Å²) in [7, 11) is 1.54. The van der Waals surface area contributed by atoms with E-state index in [4.69, 9.17) is 10.5 Å². The van der Waals surface area contributed by atoms with Gasteiger partial charge in [-0.2, -0.15) is 0 Å². The molecule has 6 nitrogen and oxygen atoms in total. The first kappa shape index (κ1) is 24.8. The van der Waals surface area contributed by atoms with Crippen molar-refractivity contribution in [2.75, 3.05) is 25.5 Å². The number of hydrogen-bond donors (Lipinski definition) is 3. The van der Waals surface area contributed by atoms with E-state index in [0.717, 1.165) is 24.8 Å². The van der Waals surface area contributed by atoms with E-state index in [1.54, 1.807) is 25.3 Å². The summed E-state index contributed by atoms with van der Waals surface area (Å²) >= 11 is 0. The fraction of sp³-hybridized carbons (Fsp3) is 0.481. The Labute approximate surface area is 197 Å². The standard InChI is InChI=1S/C27H37N3O3/c1-27(2,3)22-11-8-20(9-12-22)26(32)30-23-15-21(10-13-24(23)33-4)25(31)29-17-19-7-5-6-18(14-19)16-28/h8-13,15,18-19H,5-7,14,16-17,28H2,1-4H3,(H,29,31)(H,30,32). The van der Waals surface area contributed by atoms with Crippen molar-refractivity contribution in [1.82, 2.24) is 5.32 Å². The first-order valence-corrected chi connectivity index (χ1v) is 11.8. The van der Waals surface area contributed by atoms with Crippen molar-refractivity contribution >= 4 is 17.5 Å².